The Bertz CT molecular complexity index is 468. The Labute approximate surface area is 80.2 Å². The van der Waals surface area contributed by atoms with Crippen molar-refractivity contribution in [2.45, 2.75) is 6.92 Å². The summed E-state index contributed by atoms with van der Waals surface area (Å²) in [6, 6.07) is 6.58. The van der Waals surface area contributed by atoms with Crippen molar-refractivity contribution in [1.29, 1.82) is 0 Å². The fourth-order valence-electron chi connectivity index (χ4n) is 1.30. The number of fused-ring (bicyclic) bond motifs is 1. The van der Waals surface area contributed by atoms with Gasteiger partial charge in [-0.05, 0) is 30.7 Å². The maximum Gasteiger partial charge on any atom is 0.149 e. The van der Waals surface area contributed by atoms with Crippen LogP contribution in [-0.4, -0.2) is 4.98 Å². The van der Waals surface area contributed by atoms with Crippen LogP contribution in [0.25, 0.3) is 10.9 Å². The highest BCUT2D eigenvalue weighted by molar-refractivity contribution is 6.29. The minimum absolute atomic E-state index is 0.317. The van der Waals surface area contributed by atoms with Crippen molar-refractivity contribution in [3.05, 3.63) is 40.8 Å². The maximum absolute atomic E-state index is 13.2. The van der Waals surface area contributed by atoms with Crippen molar-refractivity contribution in [3.63, 3.8) is 0 Å². The van der Waals surface area contributed by atoms with Gasteiger partial charge in [0.25, 0.3) is 0 Å². The van der Waals surface area contributed by atoms with Gasteiger partial charge in [0, 0.05) is 5.39 Å². The standard InChI is InChI=1S/C10H7ClFN/c1-6-2-4-8(12)10-7(6)3-5-9(11)13-10/h2-5H,1H3. The Morgan fingerprint density at radius 1 is 1.23 bits per heavy atom. The number of rotatable bonds is 0. The van der Waals surface area contributed by atoms with Gasteiger partial charge >= 0.3 is 0 Å². The SMILES string of the molecule is Cc1ccc(F)c2nc(Cl)ccc12. The molecule has 2 aromatic rings. The Kier molecular flexibility index (Phi) is 1.93. The summed E-state index contributed by atoms with van der Waals surface area (Å²) in [6.45, 7) is 1.91. The molecule has 0 bridgehead atoms. The number of halogens is 2. The molecule has 0 saturated carbocycles. The van der Waals surface area contributed by atoms with Crippen LogP contribution in [0.1, 0.15) is 5.56 Å². The van der Waals surface area contributed by atoms with E-state index in [0.717, 1.165) is 10.9 Å². The van der Waals surface area contributed by atoms with Crippen molar-refractivity contribution in [3.8, 4) is 0 Å². The monoisotopic (exact) mass is 195 g/mol. The smallest absolute Gasteiger partial charge is 0.149 e. The molecule has 66 valence electrons. The zero-order chi connectivity index (χ0) is 9.42. The van der Waals surface area contributed by atoms with Gasteiger partial charge in [-0.3, -0.25) is 0 Å². The minimum Gasteiger partial charge on any atom is -0.233 e. The number of nitrogens with zero attached hydrogens (tertiary/aromatic N) is 1. The molecule has 0 spiro atoms. The third-order valence-corrected chi connectivity index (χ3v) is 2.20. The molecule has 0 aliphatic heterocycles. The maximum atomic E-state index is 13.2. The van der Waals surface area contributed by atoms with E-state index in [9.17, 15) is 4.39 Å². The normalized spacial score (nSPS) is 10.7. The van der Waals surface area contributed by atoms with E-state index in [2.05, 4.69) is 4.98 Å². The van der Waals surface area contributed by atoms with Gasteiger partial charge in [-0.25, -0.2) is 9.37 Å². The molecule has 0 N–H and O–H groups in total. The number of pyridine rings is 1. The first kappa shape index (κ1) is 8.45. The molecule has 1 aromatic heterocycles. The zero-order valence-electron chi connectivity index (χ0n) is 7.01. The summed E-state index contributed by atoms with van der Waals surface area (Å²) in [5, 5.41) is 1.13. The molecule has 0 aliphatic rings. The molecular weight excluding hydrogens is 189 g/mol. The van der Waals surface area contributed by atoms with E-state index in [1.807, 2.05) is 6.92 Å². The molecule has 13 heavy (non-hydrogen) atoms. The van der Waals surface area contributed by atoms with E-state index in [0.29, 0.717) is 10.7 Å². The Hall–Kier alpha value is -1.15. The number of aryl methyl sites for hydroxylation is 1. The average molecular weight is 196 g/mol. The van der Waals surface area contributed by atoms with Crippen LogP contribution < -0.4 is 0 Å². The van der Waals surface area contributed by atoms with Crippen LogP contribution >= 0.6 is 11.6 Å². The lowest BCUT2D eigenvalue weighted by molar-refractivity contribution is 0.636. The first-order chi connectivity index (χ1) is 6.18. The lowest BCUT2D eigenvalue weighted by Crippen LogP contribution is -1.87. The fraction of sp³-hybridized carbons (Fsp3) is 0.100. The molecule has 0 radical (unpaired) electrons. The highest BCUT2D eigenvalue weighted by atomic mass is 35.5. The van der Waals surface area contributed by atoms with E-state index in [-0.39, 0.29) is 5.82 Å². The molecule has 0 atom stereocenters. The summed E-state index contributed by atoms with van der Waals surface area (Å²) in [5.74, 6) is -0.330. The van der Waals surface area contributed by atoms with Gasteiger partial charge in [0.2, 0.25) is 0 Å². The van der Waals surface area contributed by atoms with Gasteiger partial charge < -0.3 is 0 Å². The van der Waals surface area contributed by atoms with Gasteiger partial charge in [0.1, 0.15) is 16.5 Å². The second kappa shape index (κ2) is 2.96. The Balaban J connectivity index is 2.92. The van der Waals surface area contributed by atoms with Gasteiger partial charge in [0.15, 0.2) is 0 Å². The predicted molar refractivity (Wildman–Crippen MR) is 51.4 cm³/mol. The van der Waals surface area contributed by atoms with E-state index in [1.165, 1.54) is 6.07 Å². The predicted octanol–water partition coefficient (Wildman–Crippen LogP) is 3.34. The molecule has 2 rings (SSSR count). The molecule has 1 nitrogen and oxygen atoms in total. The van der Waals surface area contributed by atoms with E-state index >= 15 is 0 Å². The number of benzene rings is 1. The summed E-state index contributed by atoms with van der Waals surface area (Å²) in [6.07, 6.45) is 0. The Morgan fingerprint density at radius 3 is 2.77 bits per heavy atom. The molecule has 0 amide bonds. The molecule has 0 unspecified atom stereocenters. The van der Waals surface area contributed by atoms with Crippen LogP contribution in [-0.2, 0) is 0 Å². The van der Waals surface area contributed by atoms with Crippen LogP contribution in [0.15, 0.2) is 24.3 Å². The van der Waals surface area contributed by atoms with Gasteiger partial charge in [-0.2, -0.15) is 0 Å². The van der Waals surface area contributed by atoms with Crippen molar-refractivity contribution in [2.24, 2.45) is 0 Å². The van der Waals surface area contributed by atoms with Crippen LogP contribution in [0.3, 0.4) is 0 Å². The number of hydrogen-bond acceptors (Lipinski definition) is 1. The minimum atomic E-state index is -0.330. The number of hydrogen-bond donors (Lipinski definition) is 0. The summed E-state index contributed by atoms with van der Waals surface area (Å²) in [4.78, 5) is 3.93. The first-order valence-corrected chi connectivity index (χ1v) is 4.27. The summed E-state index contributed by atoms with van der Waals surface area (Å²) >= 11 is 5.67. The molecule has 1 heterocycles. The summed E-state index contributed by atoms with van der Waals surface area (Å²) in [5.41, 5.74) is 1.34. The van der Waals surface area contributed by atoms with Gasteiger partial charge in [0.05, 0.1) is 0 Å². The van der Waals surface area contributed by atoms with Gasteiger partial charge in [-0.1, -0.05) is 17.7 Å². The molecule has 1 aromatic carbocycles. The highest BCUT2D eigenvalue weighted by Gasteiger charge is 2.04. The van der Waals surface area contributed by atoms with Crippen LogP contribution in [0.2, 0.25) is 5.15 Å². The first-order valence-electron chi connectivity index (χ1n) is 3.90. The largest absolute Gasteiger partial charge is 0.233 e. The van der Waals surface area contributed by atoms with Crippen molar-refractivity contribution in [2.75, 3.05) is 0 Å². The fourth-order valence-corrected chi connectivity index (χ4v) is 1.45. The van der Waals surface area contributed by atoms with E-state index in [1.54, 1.807) is 18.2 Å². The van der Waals surface area contributed by atoms with E-state index in [4.69, 9.17) is 11.6 Å². The van der Waals surface area contributed by atoms with Crippen LogP contribution in [0.4, 0.5) is 4.39 Å². The second-order valence-electron chi connectivity index (χ2n) is 2.89. The molecule has 0 aliphatic carbocycles. The quantitative estimate of drug-likeness (QED) is 0.588. The third-order valence-electron chi connectivity index (χ3n) is 1.99. The summed E-state index contributed by atoms with van der Waals surface area (Å²) in [7, 11) is 0. The third kappa shape index (κ3) is 1.38. The molecule has 3 heteroatoms. The summed E-state index contributed by atoms with van der Waals surface area (Å²) < 4.78 is 13.2. The highest BCUT2D eigenvalue weighted by Crippen LogP contribution is 2.21. The second-order valence-corrected chi connectivity index (χ2v) is 3.28. The lowest BCUT2D eigenvalue weighted by Gasteiger charge is -2.01. The van der Waals surface area contributed by atoms with Crippen molar-refractivity contribution < 1.29 is 4.39 Å². The zero-order valence-corrected chi connectivity index (χ0v) is 7.77. The molecular formula is C10H7ClFN. The molecule has 0 fully saturated rings. The number of aromatic nitrogens is 1. The lowest BCUT2D eigenvalue weighted by atomic mass is 10.1. The van der Waals surface area contributed by atoms with Gasteiger partial charge in [-0.15, -0.1) is 0 Å². The van der Waals surface area contributed by atoms with Crippen LogP contribution in [0.5, 0.6) is 0 Å². The van der Waals surface area contributed by atoms with Crippen molar-refractivity contribution in [1.82, 2.24) is 4.98 Å². The molecule has 0 saturated heterocycles. The Morgan fingerprint density at radius 2 is 2.00 bits per heavy atom. The average Bonchev–Trinajstić information content (AvgIpc) is 2.12. The van der Waals surface area contributed by atoms with Crippen LogP contribution in [0, 0.1) is 12.7 Å². The van der Waals surface area contributed by atoms with E-state index < -0.39 is 0 Å². The topological polar surface area (TPSA) is 12.9 Å². The van der Waals surface area contributed by atoms with Crippen molar-refractivity contribution >= 4 is 22.5 Å².